The molecule has 0 saturated heterocycles. The molecule has 0 aromatic heterocycles. The molecule has 2 heteroatoms. The molecule has 0 rings (SSSR count). The van der Waals surface area contributed by atoms with Crippen molar-refractivity contribution in [3.8, 4) is 0 Å². The Hall–Kier alpha value is -0.530. The maximum atomic E-state index is 11.1. The predicted molar refractivity (Wildman–Crippen MR) is 58.8 cm³/mol. The molecule has 0 aromatic carbocycles. The third-order valence-electron chi connectivity index (χ3n) is 2.08. The Balaban J connectivity index is 0. The predicted octanol–water partition coefficient (Wildman–Crippen LogP) is 3.12. The van der Waals surface area contributed by atoms with Gasteiger partial charge in [-0.1, -0.05) is 39.5 Å². The fraction of sp³-hybridized carbons (Fsp3) is 0.909. The lowest BCUT2D eigenvalue weighted by Gasteiger charge is -2.02. The minimum Gasteiger partial charge on any atom is -0.356 e. The van der Waals surface area contributed by atoms with E-state index in [9.17, 15) is 4.79 Å². The van der Waals surface area contributed by atoms with E-state index in [1.807, 2.05) is 0 Å². The van der Waals surface area contributed by atoms with Gasteiger partial charge >= 0.3 is 0 Å². The number of hydrogen-bond acceptors (Lipinski definition) is 1. The highest BCUT2D eigenvalue weighted by Gasteiger charge is 1.98. The Morgan fingerprint density at radius 3 is 2.38 bits per heavy atom. The Morgan fingerprint density at radius 1 is 1.08 bits per heavy atom. The zero-order valence-corrected chi connectivity index (χ0v) is 9.07. The highest BCUT2D eigenvalue weighted by atomic mass is 16.1. The fourth-order valence-electron chi connectivity index (χ4n) is 1.24. The summed E-state index contributed by atoms with van der Waals surface area (Å²) < 4.78 is 0. The number of hydrogen-bond donors (Lipinski definition) is 1. The Morgan fingerprint density at radius 2 is 1.77 bits per heavy atom. The van der Waals surface area contributed by atoms with Gasteiger partial charge < -0.3 is 5.32 Å². The van der Waals surface area contributed by atoms with Crippen molar-refractivity contribution in [2.45, 2.75) is 58.8 Å². The summed E-state index contributed by atoms with van der Waals surface area (Å²) in [4.78, 5) is 11.1. The van der Waals surface area contributed by atoms with Crippen molar-refractivity contribution in [1.29, 1.82) is 0 Å². The highest BCUT2D eigenvalue weighted by Crippen LogP contribution is 2.04. The van der Waals surface area contributed by atoms with Gasteiger partial charge in [0.25, 0.3) is 0 Å². The van der Waals surface area contributed by atoms with E-state index in [0.29, 0.717) is 6.42 Å². The Labute approximate surface area is 83.6 Å². The molecule has 80 valence electrons. The van der Waals surface area contributed by atoms with E-state index in [2.05, 4.69) is 19.2 Å². The second-order valence-corrected chi connectivity index (χ2v) is 3.51. The van der Waals surface area contributed by atoms with Crippen LogP contribution in [0, 0.1) is 0 Å². The summed E-state index contributed by atoms with van der Waals surface area (Å²) in [6.45, 7) is 5.10. The summed E-state index contributed by atoms with van der Waals surface area (Å²) in [5.74, 6) is 0.221. The average Bonchev–Trinajstić information content (AvgIpc) is 2.14. The number of carbonyl (C=O) groups excluding carboxylic acids is 1. The van der Waals surface area contributed by atoms with Crippen LogP contribution in [0.1, 0.15) is 60.2 Å². The zero-order valence-electron chi connectivity index (χ0n) is 9.07. The molecule has 0 radical (unpaired) electrons. The minimum atomic E-state index is 0. The highest BCUT2D eigenvalue weighted by molar-refractivity contribution is 5.75. The number of amides is 1. The van der Waals surface area contributed by atoms with Crippen molar-refractivity contribution in [3.63, 3.8) is 0 Å². The molecule has 0 spiro atoms. The van der Waals surface area contributed by atoms with Crippen molar-refractivity contribution in [2.24, 2.45) is 0 Å². The van der Waals surface area contributed by atoms with Crippen LogP contribution in [0.5, 0.6) is 0 Å². The van der Waals surface area contributed by atoms with Crippen molar-refractivity contribution >= 4 is 5.91 Å². The van der Waals surface area contributed by atoms with E-state index >= 15 is 0 Å². The molecule has 2 nitrogen and oxygen atoms in total. The second-order valence-electron chi connectivity index (χ2n) is 3.51. The molecular formula is C11H25NO. The molecule has 0 aromatic rings. The second kappa shape index (κ2) is 9.56. The lowest BCUT2D eigenvalue weighted by atomic mass is 10.1. The molecule has 1 N–H and O–H groups in total. The summed E-state index contributed by atoms with van der Waals surface area (Å²) in [5, 5.41) is 2.88. The lowest BCUT2D eigenvalue weighted by Crippen LogP contribution is -2.23. The Bertz CT molecular complexity index is 128. The molecule has 0 aliphatic heterocycles. The third-order valence-corrected chi connectivity index (χ3v) is 2.08. The third kappa shape index (κ3) is 9.38. The van der Waals surface area contributed by atoms with E-state index in [1.165, 1.54) is 25.7 Å². The monoisotopic (exact) mass is 187 g/mol. The van der Waals surface area contributed by atoms with Crippen molar-refractivity contribution in [2.75, 3.05) is 6.54 Å². The minimum absolute atomic E-state index is 0. The quantitative estimate of drug-likeness (QED) is 0.581. The smallest absolute Gasteiger partial charge is 0.219 e. The van der Waals surface area contributed by atoms with Crippen LogP contribution >= 0.6 is 0 Å². The van der Waals surface area contributed by atoms with Crippen LogP contribution in [0.3, 0.4) is 0 Å². The SMILES string of the molecule is CCCCCCCC(=O)NCCC.[HH]. The van der Waals surface area contributed by atoms with Crippen LogP contribution in [0.25, 0.3) is 0 Å². The van der Waals surface area contributed by atoms with Gasteiger partial charge in [-0.15, -0.1) is 0 Å². The van der Waals surface area contributed by atoms with E-state index in [4.69, 9.17) is 0 Å². The van der Waals surface area contributed by atoms with E-state index in [0.717, 1.165) is 19.4 Å². The van der Waals surface area contributed by atoms with Gasteiger partial charge in [0.05, 0.1) is 0 Å². The van der Waals surface area contributed by atoms with Gasteiger partial charge in [-0.05, 0) is 12.8 Å². The van der Waals surface area contributed by atoms with E-state index in [-0.39, 0.29) is 7.33 Å². The van der Waals surface area contributed by atoms with Gasteiger partial charge in [0, 0.05) is 14.4 Å². The van der Waals surface area contributed by atoms with Crippen LogP contribution < -0.4 is 5.32 Å². The van der Waals surface area contributed by atoms with Gasteiger partial charge in [0.1, 0.15) is 0 Å². The normalized spacial score (nSPS) is 10.0. The van der Waals surface area contributed by atoms with Gasteiger partial charge in [-0.2, -0.15) is 0 Å². The average molecular weight is 187 g/mol. The lowest BCUT2D eigenvalue weighted by molar-refractivity contribution is -0.121. The van der Waals surface area contributed by atoms with Crippen LogP contribution in [0.4, 0.5) is 0 Å². The topological polar surface area (TPSA) is 29.1 Å². The van der Waals surface area contributed by atoms with Gasteiger partial charge in [-0.3, -0.25) is 4.79 Å². The first-order valence-electron chi connectivity index (χ1n) is 5.58. The van der Waals surface area contributed by atoms with Crippen LogP contribution in [-0.2, 0) is 4.79 Å². The van der Waals surface area contributed by atoms with Crippen molar-refractivity contribution in [1.82, 2.24) is 5.32 Å². The van der Waals surface area contributed by atoms with Crippen LogP contribution in [0.15, 0.2) is 0 Å². The number of carbonyl (C=O) groups is 1. The largest absolute Gasteiger partial charge is 0.356 e. The molecule has 0 saturated carbocycles. The van der Waals surface area contributed by atoms with Gasteiger partial charge in [0.2, 0.25) is 5.91 Å². The molecule has 0 aliphatic carbocycles. The molecule has 0 atom stereocenters. The van der Waals surface area contributed by atoms with Crippen molar-refractivity contribution < 1.29 is 6.22 Å². The summed E-state index contributed by atoms with van der Waals surface area (Å²) in [7, 11) is 0. The van der Waals surface area contributed by atoms with Crippen LogP contribution in [-0.4, -0.2) is 12.5 Å². The first kappa shape index (κ1) is 12.5. The number of rotatable bonds is 8. The molecule has 0 unspecified atom stereocenters. The molecule has 1 amide bonds. The maximum Gasteiger partial charge on any atom is 0.219 e. The molecule has 0 heterocycles. The molecule has 0 bridgehead atoms. The fourth-order valence-corrected chi connectivity index (χ4v) is 1.24. The molecular weight excluding hydrogens is 162 g/mol. The summed E-state index contributed by atoms with van der Waals surface area (Å²) in [6.07, 6.45) is 7.84. The molecule has 0 aliphatic rings. The van der Waals surface area contributed by atoms with Gasteiger partial charge in [0.15, 0.2) is 0 Å². The summed E-state index contributed by atoms with van der Waals surface area (Å²) >= 11 is 0. The summed E-state index contributed by atoms with van der Waals surface area (Å²) in [5.41, 5.74) is 0. The first-order chi connectivity index (χ1) is 6.31. The first-order valence-corrected chi connectivity index (χ1v) is 5.58. The maximum absolute atomic E-state index is 11.1. The molecule has 13 heavy (non-hydrogen) atoms. The van der Waals surface area contributed by atoms with E-state index in [1.54, 1.807) is 0 Å². The standard InChI is InChI=1S/C11H23NO.H2/c1-3-5-6-7-8-9-11(13)12-10-4-2;/h3-10H2,1-2H3,(H,12,13);1H. The zero-order chi connectivity index (χ0) is 9.94. The van der Waals surface area contributed by atoms with E-state index < -0.39 is 0 Å². The van der Waals surface area contributed by atoms with Crippen LogP contribution in [0.2, 0.25) is 0 Å². The Kier molecular flexibility index (Phi) is 9.17. The van der Waals surface area contributed by atoms with Crippen molar-refractivity contribution in [3.05, 3.63) is 0 Å². The summed E-state index contributed by atoms with van der Waals surface area (Å²) in [6, 6.07) is 0. The number of nitrogens with one attached hydrogen (secondary N) is 1. The van der Waals surface area contributed by atoms with Gasteiger partial charge in [-0.25, -0.2) is 0 Å². The number of unbranched alkanes of at least 4 members (excludes halogenated alkanes) is 4. The molecule has 0 fully saturated rings.